The van der Waals surface area contributed by atoms with Crippen LogP contribution in [0.1, 0.15) is 35.5 Å². The van der Waals surface area contributed by atoms with Gasteiger partial charge in [0.15, 0.2) is 0 Å². The molecule has 0 aliphatic heterocycles. The largest absolute Gasteiger partial charge is 0.389 e. The van der Waals surface area contributed by atoms with Crippen LogP contribution in [0, 0.1) is 13.8 Å². The van der Waals surface area contributed by atoms with Gasteiger partial charge in [0.25, 0.3) is 0 Å². The first-order valence-corrected chi connectivity index (χ1v) is 6.79. The summed E-state index contributed by atoms with van der Waals surface area (Å²) in [6.45, 7) is 9.61. The molecule has 2 atom stereocenters. The van der Waals surface area contributed by atoms with Crippen molar-refractivity contribution in [1.82, 2.24) is 10.3 Å². The first-order chi connectivity index (χ1) is 8.04. The average molecular weight is 258 g/mol. The second-order valence-electron chi connectivity index (χ2n) is 4.13. The third-order valence-electron chi connectivity index (χ3n) is 2.51. The molecule has 1 aromatic heterocycles. The summed E-state index contributed by atoms with van der Waals surface area (Å²) in [5.74, 6) is 0. The van der Waals surface area contributed by atoms with Crippen molar-refractivity contribution in [2.75, 3.05) is 19.8 Å². The number of nitrogens with one attached hydrogen (secondary N) is 1. The molecule has 17 heavy (non-hydrogen) atoms. The predicted octanol–water partition coefficient (Wildman–Crippen LogP) is 1.81. The molecule has 1 aromatic rings. The molecule has 0 bridgehead atoms. The number of nitrogens with zero attached hydrogens (tertiary/aromatic N) is 1. The van der Waals surface area contributed by atoms with Crippen molar-refractivity contribution in [3.63, 3.8) is 0 Å². The highest BCUT2D eigenvalue weighted by Crippen LogP contribution is 2.24. The van der Waals surface area contributed by atoms with Gasteiger partial charge in [-0.05, 0) is 27.7 Å². The maximum Gasteiger partial charge on any atom is 0.0900 e. The number of aryl methyl sites for hydroxylation is 2. The van der Waals surface area contributed by atoms with Crippen molar-refractivity contribution in [3.05, 3.63) is 15.6 Å². The SMILES string of the molecule is CCOCC(O)CNC(C)c1sc(C)nc1C. The fourth-order valence-electron chi connectivity index (χ4n) is 1.67. The van der Waals surface area contributed by atoms with Crippen LogP contribution in [0.2, 0.25) is 0 Å². The maximum absolute atomic E-state index is 9.65. The minimum atomic E-state index is -0.452. The van der Waals surface area contributed by atoms with Crippen molar-refractivity contribution < 1.29 is 9.84 Å². The molecule has 2 N–H and O–H groups in total. The van der Waals surface area contributed by atoms with Crippen molar-refractivity contribution in [2.45, 2.75) is 39.8 Å². The summed E-state index contributed by atoms with van der Waals surface area (Å²) in [4.78, 5) is 5.64. The van der Waals surface area contributed by atoms with Gasteiger partial charge in [0, 0.05) is 24.1 Å². The zero-order valence-corrected chi connectivity index (χ0v) is 11.8. The molecule has 0 aliphatic carbocycles. The molecular weight excluding hydrogens is 236 g/mol. The number of aliphatic hydroxyl groups excluding tert-OH is 1. The molecule has 1 rings (SSSR count). The van der Waals surface area contributed by atoms with E-state index < -0.39 is 6.10 Å². The summed E-state index contributed by atoms with van der Waals surface area (Å²) < 4.78 is 5.16. The lowest BCUT2D eigenvalue weighted by Crippen LogP contribution is -2.32. The highest BCUT2D eigenvalue weighted by Gasteiger charge is 2.13. The van der Waals surface area contributed by atoms with E-state index in [9.17, 15) is 5.11 Å². The quantitative estimate of drug-likeness (QED) is 0.783. The van der Waals surface area contributed by atoms with Crippen molar-refractivity contribution in [1.29, 1.82) is 0 Å². The first kappa shape index (κ1) is 14.6. The van der Waals surface area contributed by atoms with Crippen LogP contribution >= 0.6 is 11.3 Å². The number of rotatable bonds is 7. The summed E-state index contributed by atoms with van der Waals surface area (Å²) in [5.41, 5.74) is 1.08. The summed E-state index contributed by atoms with van der Waals surface area (Å²) in [6.07, 6.45) is -0.452. The molecule has 0 amide bonds. The Morgan fingerprint density at radius 3 is 2.71 bits per heavy atom. The van der Waals surface area contributed by atoms with Gasteiger partial charge in [0.05, 0.1) is 23.4 Å². The van der Waals surface area contributed by atoms with Crippen LogP contribution in [-0.2, 0) is 4.74 Å². The van der Waals surface area contributed by atoms with Crippen LogP contribution in [-0.4, -0.2) is 36.0 Å². The molecule has 4 nitrogen and oxygen atoms in total. The van der Waals surface area contributed by atoms with E-state index in [1.54, 1.807) is 11.3 Å². The van der Waals surface area contributed by atoms with E-state index in [-0.39, 0.29) is 6.04 Å². The Kier molecular flexibility index (Phi) is 6.05. The van der Waals surface area contributed by atoms with Gasteiger partial charge in [-0.3, -0.25) is 0 Å². The topological polar surface area (TPSA) is 54.4 Å². The molecule has 5 heteroatoms. The van der Waals surface area contributed by atoms with Gasteiger partial charge in [-0.1, -0.05) is 0 Å². The Hall–Kier alpha value is -0.490. The number of hydrogen-bond acceptors (Lipinski definition) is 5. The highest BCUT2D eigenvalue weighted by atomic mass is 32.1. The summed E-state index contributed by atoms with van der Waals surface area (Å²) >= 11 is 1.71. The second-order valence-corrected chi connectivity index (χ2v) is 5.36. The average Bonchev–Trinajstić information content (AvgIpc) is 2.62. The lowest BCUT2D eigenvalue weighted by molar-refractivity contribution is 0.0417. The maximum atomic E-state index is 9.65. The third-order valence-corrected chi connectivity index (χ3v) is 3.76. The molecule has 0 aromatic carbocycles. The molecular formula is C12H22N2O2S. The lowest BCUT2D eigenvalue weighted by atomic mass is 10.2. The zero-order chi connectivity index (χ0) is 12.8. The minimum Gasteiger partial charge on any atom is -0.389 e. The summed E-state index contributed by atoms with van der Waals surface area (Å²) in [7, 11) is 0. The number of aliphatic hydroxyl groups is 1. The molecule has 0 saturated carbocycles. The fraction of sp³-hybridized carbons (Fsp3) is 0.750. The van der Waals surface area contributed by atoms with E-state index in [1.807, 2.05) is 20.8 Å². The summed E-state index contributed by atoms with van der Waals surface area (Å²) in [6, 6.07) is 0.220. The van der Waals surface area contributed by atoms with E-state index in [0.29, 0.717) is 19.8 Å². The van der Waals surface area contributed by atoms with Crippen molar-refractivity contribution in [3.8, 4) is 0 Å². The van der Waals surface area contributed by atoms with Gasteiger partial charge in [0.1, 0.15) is 0 Å². The van der Waals surface area contributed by atoms with E-state index in [4.69, 9.17) is 4.74 Å². The first-order valence-electron chi connectivity index (χ1n) is 5.97. The monoisotopic (exact) mass is 258 g/mol. The van der Waals surface area contributed by atoms with E-state index in [2.05, 4.69) is 17.2 Å². The Labute approximate surface area is 107 Å². The molecule has 0 fully saturated rings. The summed E-state index contributed by atoms with van der Waals surface area (Å²) in [5, 5.41) is 14.0. The minimum absolute atomic E-state index is 0.220. The van der Waals surface area contributed by atoms with Gasteiger partial charge in [-0.2, -0.15) is 0 Å². The highest BCUT2D eigenvalue weighted by molar-refractivity contribution is 7.11. The van der Waals surface area contributed by atoms with Gasteiger partial charge in [-0.15, -0.1) is 11.3 Å². The third kappa shape index (κ3) is 4.71. The van der Waals surface area contributed by atoms with Gasteiger partial charge in [0.2, 0.25) is 0 Å². The smallest absolute Gasteiger partial charge is 0.0900 e. The second kappa shape index (κ2) is 7.06. The van der Waals surface area contributed by atoms with Crippen LogP contribution in [0.3, 0.4) is 0 Å². The number of ether oxygens (including phenoxy) is 1. The molecule has 0 saturated heterocycles. The van der Waals surface area contributed by atoms with Crippen LogP contribution < -0.4 is 5.32 Å². The predicted molar refractivity (Wildman–Crippen MR) is 70.5 cm³/mol. The van der Waals surface area contributed by atoms with Gasteiger partial charge < -0.3 is 15.2 Å². The molecule has 0 radical (unpaired) electrons. The van der Waals surface area contributed by atoms with Crippen LogP contribution in [0.4, 0.5) is 0 Å². The zero-order valence-electron chi connectivity index (χ0n) is 11.0. The van der Waals surface area contributed by atoms with E-state index >= 15 is 0 Å². The Bertz CT molecular complexity index is 341. The Morgan fingerprint density at radius 1 is 1.47 bits per heavy atom. The van der Waals surface area contributed by atoms with Crippen molar-refractivity contribution >= 4 is 11.3 Å². The van der Waals surface area contributed by atoms with Gasteiger partial charge in [-0.25, -0.2) is 4.98 Å². The standard InChI is InChI=1S/C12H22N2O2S/c1-5-16-7-11(15)6-13-8(2)12-9(3)14-10(4)17-12/h8,11,13,15H,5-7H2,1-4H3. The fourth-order valence-corrected chi connectivity index (χ4v) is 2.62. The number of thiazole rings is 1. The Morgan fingerprint density at radius 2 is 2.18 bits per heavy atom. The lowest BCUT2D eigenvalue weighted by Gasteiger charge is -2.16. The van der Waals surface area contributed by atoms with Crippen LogP contribution in [0.25, 0.3) is 0 Å². The van der Waals surface area contributed by atoms with E-state index in [1.165, 1.54) is 4.88 Å². The molecule has 0 aliphatic rings. The number of aromatic nitrogens is 1. The number of hydrogen-bond donors (Lipinski definition) is 2. The molecule has 98 valence electrons. The van der Waals surface area contributed by atoms with Crippen molar-refractivity contribution in [2.24, 2.45) is 0 Å². The van der Waals surface area contributed by atoms with Crippen LogP contribution in [0.5, 0.6) is 0 Å². The van der Waals surface area contributed by atoms with E-state index in [0.717, 1.165) is 10.7 Å². The normalized spacial score (nSPS) is 14.9. The molecule has 2 unspecified atom stereocenters. The van der Waals surface area contributed by atoms with Gasteiger partial charge >= 0.3 is 0 Å². The Balaban J connectivity index is 2.39. The van der Waals surface area contributed by atoms with Crippen LogP contribution in [0.15, 0.2) is 0 Å². The molecule has 0 spiro atoms. The molecule has 1 heterocycles.